The number of pyridine rings is 1. The maximum Gasteiger partial charge on any atom is 0.197 e. The molecule has 0 amide bonds. The largest absolute Gasteiger partial charge is 0.497 e. The van der Waals surface area contributed by atoms with Crippen molar-refractivity contribution in [2.24, 2.45) is 0 Å². The van der Waals surface area contributed by atoms with E-state index < -0.39 is 0 Å². The fourth-order valence-corrected chi connectivity index (χ4v) is 3.59. The number of rotatable bonds is 4. The summed E-state index contributed by atoms with van der Waals surface area (Å²) in [6.07, 6.45) is 5.38. The summed E-state index contributed by atoms with van der Waals surface area (Å²) in [6, 6.07) is 18.1. The lowest BCUT2D eigenvalue weighted by molar-refractivity contribution is 0.414. The van der Waals surface area contributed by atoms with Gasteiger partial charge in [0.15, 0.2) is 11.3 Å². The van der Waals surface area contributed by atoms with E-state index >= 15 is 0 Å². The molecule has 142 valence electrons. The average molecular weight is 381 g/mol. The molecule has 0 saturated carbocycles. The van der Waals surface area contributed by atoms with E-state index in [0.717, 1.165) is 39.1 Å². The molecule has 1 unspecified atom stereocenters. The molecule has 29 heavy (non-hydrogen) atoms. The second-order valence-electron chi connectivity index (χ2n) is 6.88. The summed E-state index contributed by atoms with van der Waals surface area (Å²) in [5.41, 5.74) is 5.28. The number of fused-ring (bicyclic) bond motifs is 2. The molecule has 0 aliphatic heterocycles. The first kappa shape index (κ1) is 17.3. The lowest BCUT2D eigenvalue weighted by Gasteiger charge is -2.15. The van der Waals surface area contributed by atoms with Crippen LogP contribution in [0.2, 0.25) is 0 Å². The number of hydrogen-bond acceptors (Lipinski definition) is 5. The van der Waals surface area contributed by atoms with Crippen LogP contribution in [0, 0.1) is 0 Å². The minimum atomic E-state index is 0.0599. The van der Waals surface area contributed by atoms with Gasteiger partial charge in [0.1, 0.15) is 5.75 Å². The van der Waals surface area contributed by atoms with Crippen molar-refractivity contribution >= 4 is 22.2 Å². The number of imidazole rings is 1. The van der Waals surface area contributed by atoms with Gasteiger partial charge in [0.2, 0.25) is 0 Å². The third kappa shape index (κ3) is 2.99. The Kier molecular flexibility index (Phi) is 4.17. The Bertz CT molecular complexity index is 1300. The number of aromatic nitrogens is 5. The van der Waals surface area contributed by atoms with Crippen molar-refractivity contribution in [2.75, 3.05) is 7.11 Å². The fraction of sp³-hybridized carbons (Fsp3) is 0.130. The molecule has 2 aromatic carbocycles. The highest BCUT2D eigenvalue weighted by molar-refractivity contribution is 5.93. The van der Waals surface area contributed by atoms with Crippen LogP contribution in [0.5, 0.6) is 5.75 Å². The molecule has 0 N–H and O–H groups in total. The Labute approximate surface area is 167 Å². The zero-order chi connectivity index (χ0) is 19.8. The predicted octanol–water partition coefficient (Wildman–Crippen LogP) is 4.66. The molecule has 0 bridgehead atoms. The fourth-order valence-electron chi connectivity index (χ4n) is 3.59. The van der Waals surface area contributed by atoms with Crippen molar-refractivity contribution in [3.8, 4) is 17.0 Å². The van der Waals surface area contributed by atoms with Gasteiger partial charge in [-0.1, -0.05) is 30.3 Å². The first-order chi connectivity index (χ1) is 14.2. The van der Waals surface area contributed by atoms with Crippen molar-refractivity contribution in [3.63, 3.8) is 0 Å². The molecule has 3 heterocycles. The van der Waals surface area contributed by atoms with Gasteiger partial charge < -0.3 is 9.30 Å². The summed E-state index contributed by atoms with van der Waals surface area (Å²) < 4.78 is 7.32. The number of methoxy groups -OCH3 is 1. The van der Waals surface area contributed by atoms with Crippen LogP contribution in [0.25, 0.3) is 33.5 Å². The lowest BCUT2D eigenvalue weighted by atomic mass is 10.1. The predicted molar refractivity (Wildman–Crippen MR) is 113 cm³/mol. The van der Waals surface area contributed by atoms with Gasteiger partial charge in [-0.05, 0) is 36.8 Å². The normalized spacial score (nSPS) is 12.3. The summed E-state index contributed by atoms with van der Waals surface area (Å²) >= 11 is 0. The molecule has 5 aromatic rings. The monoisotopic (exact) mass is 381 g/mol. The van der Waals surface area contributed by atoms with Gasteiger partial charge in [0.25, 0.3) is 0 Å². The molecule has 1 atom stereocenters. The van der Waals surface area contributed by atoms with Crippen molar-refractivity contribution in [1.29, 1.82) is 0 Å². The highest BCUT2D eigenvalue weighted by Gasteiger charge is 2.15. The highest BCUT2D eigenvalue weighted by atomic mass is 16.5. The van der Waals surface area contributed by atoms with Crippen LogP contribution in [0.15, 0.2) is 73.3 Å². The van der Waals surface area contributed by atoms with Crippen molar-refractivity contribution < 1.29 is 4.74 Å². The molecule has 6 nitrogen and oxygen atoms in total. The van der Waals surface area contributed by atoms with Crippen LogP contribution in [0.4, 0.5) is 0 Å². The number of ether oxygens (including phenoxy) is 1. The van der Waals surface area contributed by atoms with Crippen molar-refractivity contribution in [1.82, 2.24) is 24.5 Å². The molecule has 0 aliphatic carbocycles. The molecule has 0 saturated heterocycles. The number of nitrogens with zero attached hydrogens (tertiary/aromatic N) is 5. The highest BCUT2D eigenvalue weighted by Crippen LogP contribution is 2.28. The van der Waals surface area contributed by atoms with E-state index in [-0.39, 0.29) is 6.04 Å². The van der Waals surface area contributed by atoms with Crippen LogP contribution >= 0.6 is 0 Å². The summed E-state index contributed by atoms with van der Waals surface area (Å²) in [5.74, 6) is 0.836. The third-order valence-electron chi connectivity index (χ3n) is 5.22. The molecule has 0 fully saturated rings. The van der Waals surface area contributed by atoms with Gasteiger partial charge in [-0.3, -0.25) is 4.98 Å². The number of benzene rings is 2. The van der Waals surface area contributed by atoms with Crippen LogP contribution in [0.3, 0.4) is 0 Å². The van der Waals surface area contributed by atoms with Crippen molar-refractivity contribution in [3.05, 3.63) is 78.9 Å². The van der Waals surface area contributed by atoms with Gasteiger partial charge >= 0.3 is 0 Å². The van der Waals surface area contributed by atoms with E-state index in [1.54, 1.807) is 25.8 Å². The molecular weight excluding hydrogens is 362 g/mol. The Morgan fingerprint density at radius 1 is 0.931 bits per heavy atom. The van der Waals surface area contributed by atoms with Gasteiger partial charge in [-0.15, -0.1) is 0 Å². The minimum Gasteiger partial charge on any atom is -0.497 e. The second-order valence-corrected chi connectivity index (χ2v) is 6.88. The Morgan fingerprint density at radius 2 is 1.79 bits per heavy atom. The quantitative estimate of drug-likeness (QED) is 0.453. The molecule has 6 heteroatoms. The van der Waals surface area contributed by atoms with E-state index in [2.05, 4.69) is 44.6 Å². The van der Waals surface area contributed by atoms with Crippen LogP contribution < -0.4 is 4.74 Å². The lowest BCUT2D eigenvalue weighted by Crippen LogP contribution is -2.06. The molecule has 0 radical (unpaired) electrons. The van der Waals surface area contributed by atoms with Crippen LogP contribution in [-0.4, -0.2) is 31.6 Å². The van der Waals surface area contributed by atoms with Crippen LogP contribution in [0.1, 0.15) is 18.5 Å². The Morgan fingerprint density at radius 3 is 2.62 bits per heavy atom. The molecule has 0 aliphatic rings. The van der Waals surface area contributed by atoms with Crippen LogP contribution in [-0.2, 0) is 0 Å². The van der Waals surface area contributed by atoms with E-state index in [0.29, 0.717) is 5.65 Å². The number of hydrogen-bond donors (Lipinski definition) is 0. The van der Waals surface area contributed by atoms with Gasteiger partial charge in [-0.25, -0.2) is 15.0 Å². The molecule has 3 aromatic heterocycles. The minimum absolute atomic E-state index is 0.0599. The third-order valence-corrected chi connectivity index (χ3v) is 5.22. The Hall–Kier alpha value is -3.80. The van der Waals surface area contributed by atoms with E-state index in [1.165, 1.54) is 0 Å². The SMILES string of the molecule is COc1ccc(C(C)n2cnc3ncc(-c4cccc5ncccc45)nc32)cc1. The zero-order valence-electron chi connectivity index (χ0n) is 16.1. The summed E-state index contributed by atoms with van der Waals surface area (Å²) in [4.78, 5) is 18.4. The van der Waals surface area contributed by atoms with Crippen molar-refractivity contribution in [2.45, 2.75) is 13.0 Å². The van der Waals surface area contributed by atoms with E-state index in [1.807, 2.05) is 36.4 Å². The Balaban J connectivity index is 1.62. The van der Waals surface area contributed by atoms with Gasteiger partial charge in [-0.2, -0.15) is 0 Å². The summed E-state index contributed by atoms with van der Waals surface area (Å²) in [6.45, 7) is 2.12. The summed E-state index contributed by atoms with van der Waals surface area (Å²) in [5, 5.41) is 1.05. The smallest absolute Gasteiger partial charge is 0.197 e. The molecular formula is C23H19N5O. The van der Waals surface area contributed by atoms with E-state index in [9.17, 15) is 0 Å². The average Bonchev–Trinajstić information content (AvgIpc) is 3.21. The standard InChI is InChI=1S/C23H19N5O/c1-15(16-8-10-17(29-2)11-9-16)28-14-26-22-23(28)27-21(13-25-22)19-5-3-7-20-18(19)6-4-12-24-20/h3-15H,1-2H3. The summed E-state index contributed by atoms with van der Waals surface area (Å²) in [7, 11) is 1.67. The zero-order valence-corrected chi connectivity index (χ0v) is 16.1. The maximum absolute atomic E-state index is 5.26. The second kappa shape index (κ2) is 6.98. The maximum atomic E-state index is 5.26. The first-order valence-corrected chi connectivity index (χ1v) is 9.42. The first-order valence-electron chi connectivity index (χ1n) is 9.42. The van der Waals surface area contributed by atoms with Gasteiger partial charge in [0, 0.05) is 17.1 Å². The molecule has 0 spiro atoms. The van der Waals surface area contributed by atoms with Gasteiger partial charge in [0.05, 0.1) is 36.9 Å². The topological polar surface area (TPSA) is 65.7 Å². The molecule has 5 rings (SSSR count). The van der Waals surface area contributed by atoms with E-state index in [4.69, 9.17) is 9.72 Å².